The Balaban J connectivity index is 2.27. The van der Waals surface area contributed by atoms with Crippen LogP contribution in [0.1, 0.15) is 49.6 Å². The third kappa shape index (κ3) is 4.66. The maximum Gasteiger partial charge on any atom is 0.272 e. The molecule has 1 aromatic carbocycles. The molecule has 3 rings (SSSR count). The van der Waals surface area contributed by atoms with Crippen molar-refractivity contribution in [3.63, 3.8) is 0 Å². The van der Waals surface area contributed by atoms with Crippen LogP contribution in [-0.4, -0.2) is 43.9 Å². The molecule has 0 radical (unpaired) electrons. The van der Waals surface area contributed by atoms with Crippen LogP contribution in [0.3, 0.4) is 0 Å². The van der Waals surface area contributed by atoms with E-state index in [0.717, 1.165) is 5.56 Å². The van der Waals surface area contributed by atoms with E-state index >= 15 is 0 Å². The lowest BCUT2D eigenvalue weighted by atomic mass is 10.2. The summed E-state index contributed by atoms with van der Waals surface area (Å²) < 4.78 is 9.15. The summed E-state index contributed by atoms with van der Waals surface area (Å²) in [5.74, 6) is 0.344. The van der Waals surface area contributed by atoms with Crippen molar-refractivity contribution in [3.05, 3.63) is 56.7 Å². The lowest BCUT2D eigenvalue weighted by molar-refractivity contribution is 0.0908. The van der Waals surface area contributed by atoms with Gasteiger partial charge in [0.25, 0.3) is 11.5 Å². The Kier molecular flexibility index (Phi) is 7.26. The molecular formula is C23H29ClN4O4. The molecule has 0 fully saturated rings. The van der Waals surface area contributed by atoms with E-state index in [4.69, 9.17) is 21.3 Å². The number of rotatable bonds is 8. The van der Waals surface area contributed by atoms with Crippen molar-refractivity contribution in [2.45, 2.75) is 52.8 Å². The average Bonchev–Trinajstić information content (AvgIpc) is 3.00. The molecule has 0 spiro atoms. The van der Waals surface area contributed by atoms with Gasteiger partial charge in [0, 0.05) is 24.5 Å². The molecule has 2 heterocycles. The molecular weight excluding hydrogens is 432 g/mol. The highest BCUT2D eigenvalue weighted by Gasteiger charge is 2.28. The van der Waals surface area contributed by atoms with Gasteiger partial charge in [0.15, 0.2) is 17.1 Å². The SMILES string of the molecule is CCc1nc2c(c(OC(C)C)c(C(=O)NC(C)CO)n2C)c(=O)n1Cc1cccc(Cl)c1. The maximum absolute atomic E-state index is 13.7. The summed E-state index contributed by atoms with van der Waals surface area (Å²) in [7, 11) is 1.68. The number of aromatic nitrogens is 3. The summed E-state index contributed by atoms with van der Waals surface area (Å²) in [6.07, 6.45) is 0.259. The highest BCUT2D eigenvalue weighted by molar-refractivity contribution is 6.30. The first kappa shape index (κ1) is 23.8. The molecule has 3 aromatic rings. The zero-order chi connectivity index (χ0) is 23.6. The van der Waals surface area contributed by atoms with Crippen LogP contribution >= 0.6 is 11.6 Å². The van der Waals surface area contributed by atoms with Crippen LogP contribution in [0.2, 0.25) is 5.02 Å². The van der Waals surface area contributed by atoms with Crippen molar-refractivity contribution in [1.29, 1.82) is 0 Å². The number of aliphatic hydroxyl groups excluding tert-OH is 1. The first-order chi connectivity index (χ1) is 15.2. The minimum absolute atomic E-state index is 0.195. The van der Waals surface area contributed by atoms with Crippen LogP contribution in [-0.2, 0) is 20.0 Å². The highest BCUT2D eigenvalue weighted by Crippen LogP contribution is 2.31. The summed E-state index contributed by atoms with van der Waals surface area (Å²) in [5.41, 5.74) is 1.16. The molecule has 0 bridgehead atoms. The molecule has 1 atom stereocenters. The van der Waals surface area contributed by atoms with Crippen LogP contribution in [0.25, 0.3) is 11.0 Å². The molecule has 0 aliphatic rings. The fraction of sp³-hybridized carbons (Fsp3) is 0.435. The summed E-state index contributed by atoms with van der Waals surface area (Å²) in [5, 5.41) is 12.9. The van der Waals surface area contributed by atoms with E-state index in [1.54, 1.807) is 29.2 Å². The van der Waals surface area contributed by atoms with Crippen LogP contribution < -0.4 is 15.6 Å². The van der Waals surface area contributed by atoms with Crippen molar-refractivity contribution in [2.24, 2.45) is 7.05 Å². The van der Waals surface area contributed by atoms with Crippen LogP contribution in [0.4, 0.5) is 0 Å². The standard InChI is InChI=1S/C23H29ClN4O4/c1-6-17-26-21-18(23(31)28(17)11-15-8-7-9-16(24)10-15)20(32-13(2)3)19(27(21)5)22(30)25-14(4)12-29/h7-10,13-14,29H,6,11-12H2,1-5H3,(H,25,30). The molecule has 2 aromatic heterocycles. The van der Waals surface area contributed by atoms with E-state index in [1.807, 2.05) is 39.0 Å². The monoisotopic (exact) mass is 460 g/mol. The number of halogens is 1. The van der Waals surface area contributed by atoms with Gasteiger partial charge in [-0.25, -0.2) is 4.98 Å². The largest absolute Gasteiger partial charge is 0.488 e. The van der Waals surface area contributed by atoms with Gasteiger partial charge in [0.05, 0.1) is 19.3 Å². The summed E-state index contributed by atoms with van der Waals surface area (Å²) in [6, 6.07) is 6.86. The molecule has 32 heavy (non-hydrogen) atoms. The number of aryl methyl sites for hydroxylation is 2. The number of amides is 1. The van der Waals surface area contributed by atoms with E-state index in [2.05, 4.69) is 5.32 Å². The van der Waals surface area contributed by atoms with Gasteiger partial charge < -0.3 is 19.7 Å². The minimum Gasteiger partial charge on any atom is -0.488 e. The number of nitrogens with one attached hydrogen (secondary N) is 1. The second-order valence-electron chi connectivity index (χ2n) is 8.06. The van der Waals surface area contributed by atoms with E-state index in [0.29, 0.717) is 29.5 Å². The number of hydrogen-bond donors (Lipinski definition) is 2. The molecule has 172 valence electrons. The van der Waals surface area contributed by atoms with E-state index in [1.165, 1.54) is 0 Å². The molecule has 9 heteroatoms. The number of nitrogens with zero attached hydrogens (tertiary/aromatic N) is 3. The summed E-state index contributed by atoms with van der Waals surface area (Å²) in [4.78, 5) is 31.4. The quantitative estimate of drug-likeness (QED) is 0.538. The predicted octanol–water partition coefficient (Wildman–Crippen LogP) is 2.90. The molecule has 8 nitrogen and oxygen atoms in total. The Labute approximate surface area is 191 Å². The van der Waals surface area contributed by atoms with Gasteiger partial charge in [-0.05, 0) is 38.5 Å². The number of carbonyl (C=O) groups excluding carboxylic acids is 1. The van der Waals surface area contributed by atoms with Gasteiger partial charge in [-0.1, -0.05) is 30.7 Å². The summed E-state index contributed by atoms with van der Waals surface area (Å²) in [6.45, 7) is 7.36. The molecule has 0 saturated heterocycles. The second kappa shape index (κ2) is 9.75. The number of fused-ring (bicyclic) bond motifs is 1. The van der Waals surface area contributed by atoms with Gasteiger partial charge in [-0.3, -0.25) is 14.2 Å². The lowest BCUT2D eigenvalue weighted by Gasteiger charge is -2.15. The molecule has 1 unspecified atom stereocenters. The third-order valence-corrected chi connectivity index (χ3v) is 5.33. The minimum atomic E-state index is -0.453. The normalized spacial score (nSPS) is 12.4. The van der Waals surface area contributed by atoms with Gasteiger partial charge >= 0.3 is 0 Å². The second-order valence-corrected chi connectivity index (χ2v) is 8.50. The Bertz CT molecular complexity index is 1200. The number of hydrogen-bond acceptors (Lipinski definition) is 5. The maximum atomic E-state index is 13.7. The van der Waals surface area contributed by atoms with Gasteiger partial charge in [0.2, 0.25) is 0 Å². The lowest BCUT2D eigenvalue weighted by Crippen LogP contribution is -2.36. The third-order valence-electron chi connectivity index (χ3n) is 5.09. The fourth-order valence-corrected chi connectivity index (χ4v) is 3.81. The van der Waals surface area contributed by atoms with Crippen molar-refractivity contribution >= 4 is 28.5 Å². The number of carbonyl (C=O) groups is 1. The van der Waals surface area contributed by atoms with E-state index in [-0.39, 0.29) is 35.1 Å². The first-order valence-electron chi connectivity index (χ1n) is 10.6. The number of aliphatic hydroxyl groups is 1. The molecule has 1 amide bonds. The number of benzene rings is 1. The Morgan fingerprint density at radius 1 is 1.31 bits per heavy atom. The Morgan fingerprint density at radius 2 is 2.03 bits per heavy atom. The predicted molar refractivity (Wildman–Crippen MR) is 125 cm³/mol. The van der Waals surface area contributed by atoms with Crippen LogP contribution in [0.15, 0.2) is 29.1 Å². The first-order valence-corrected chi connectivity index (χ1v) is 11.0. The average molecular weight is 461 g/mol. The van der Waals surface area contributed by atoms with E-state index in [9.17, 15) is 14.7 Å². The molecule has 0 aliphatic carbocycles. The van der Waals surface area contributed by atoms with Gasteiger partial charge in [-0.2, -0.15) is 0 Å². The molecule has 0 saturated carbocycles. The molecule has 2 N–H and O–H groups in total. The topological polar surface area (TPSA) is 98.4 Å². The zero-order valence-electron chi connectivity index (χ0n) is 19.0. The van der Waals surface area contributed by atoms with Crippen LogP contribution in [0.5, 0.6) is 5.75 Å². The van der Waals surface area contributed by atoms with Crippen molar-refractivity contribution in [2.75, 3.05) is 6.61 Å². The van der Waals surface area contributed by atoms with Gasteiger partial charge in [0.1, 0.15) is 11.2 Å². The summed E-state index contributed by atoms with van der Waals surface area (Å²) >= 11 is 6.13. The van der Waals surface area contributed by atoms with Crippen molar-refractivity contribution < 1.29 is 14.6 Å². The smallest absolute Gasteiger partial charge is 0.272 e. The highest BCUT2D eigenvalue weighted by atomic mass is 35.5. The zero-order valence-corrected chi connectivity index (χ0v) is 19.7. The Morgan fingerprint density at radius 3 is 2.62 bits per heavy atom. The van der Waals surface area contributed by atoms with Gasteiger partial charge in [-0.15, -0.1) is 0 Å². The fourth-order valence-electron chi connectivity index (χ4n) is 3.60. The molecule has 0 aliphatic heterocycles. The van der Waals surface area contributed by atoms with Crippen molar-refractivity contribution in [3.8, 4) is 5.75 Å². The van der Waals surface area contributed by atoms with E-state index < -0.39 is 11.9 Å². The number of ether oxygens (including phenoxy) is 1. The van der Waals surface area contributed by atoms with Crippen LogP contribution in [0, 0.1) is 0 Å². The van der Waals surface area contributed by atoms with Crippen molar-refractivity contribution in [1.82, 2.24) is 19.4 Å². The Hall–Kier alpha value is -2.84.